The Hall–Kier alpha value is -2.83. The molecule has 138 valence electrons. The standard InChI is InChI=1S/C19H25N5O2/c1-14-6-4-5-7-15(14)17(25)24-12-9-19(10-13-24,18(26)20-2)21-16-8-11-23(3)22-16/h4-8,11H,9-10,12-13H2,1-3H3,(H,20,26)(H,21,22). The number of benzene rings is 1. The SMILES string of the molecule is CNC(=O)C1(Nc2ccn(C)n2)CCN(C(=O)c2ccccc2C)CC1. The lowest BCUT2D eigenvalue weighted by atomic mass is 9.86. The third kappa shape index (κ3) is 3.42. The van der Waals surface area contributed by atoms with Crippen LogP contribution in [0.4, 0.5) is 5.82 Å². The third-order valence-electron chi connectivity index (χ3n) is 5.02. The summed E-state index contributed by atoms with van der Waals surface area (Å²) in [6.45, 7) is 2.97. The number of amides is 2. The molecule has 0 saturated carbocycles. The Bertz CT molecular complexity index is 806. The van der Waals surface area contributed by atoms with E-state index in [1.807, 2.05) is 55.4 Å². The van der Waals surface area contributed by atoms with E-state index in [-0.39, 0.29) is 11.8 Å². The number of anilines is 1. The van der Waals surface area contributed by atoms with Crippen molar-refractivity contribution in [3.05, 3.63) is 47.7 Å². The lowest BCUT2D eigenvalue weighted by Crippen LogP contribution is -2.58. The Labute approximate surface area is 153 Å². The zero-order valence-corrected chi connectivity index (χ0v) is 15.5. The monoisotopic (exact) mass is 355 g/mol. The van der Waals surface area contributed by atoms with E-state index < -0.39 is 5.54 Å². The van der Waals surface area contributed by atoms with Gasteiger partial charge in [0.25, 0.3) is 5.91 Å². The number of nitrogens with one attached hydrogen (secondary N) is 2. The fraction of sp³-hybridized carbons (Fsp3) is 0.421. The second kappa shape index (κ2) is 7.19. The highest BCUT2D eigenvalue weighted by molar-refractivity contribution is 5.96. The van der Waals surface area contributed by atoms with Crippen molar-refractivity contribution in [3.8, 4) is 0 Å². The van der Waals surface area contributed by atoms with E-state index >= 15 is 0 Å². The second-order valence-electron chi connectivity index (χ2n) is 6.77. The number of hydrogen-bond donors (Lipinski definition) is 2. The fourth-order valence-corrected chi connectivity index (χ4v) is 3.45. The molecule has 2 amide bonds. The highest BCUT2D eigenvalue weighted by Crippen LogP contribution is 2.28. The molecule has 0 radical (unpaired) electrons. The van der Waals surface area contributed by atoms with Crippen LogP contribution in [0.5, 0.6) is 0 Å². The van der Waals surface area contributed by atoms with Crippen LogP contribution in [0.1, 0.15) is 28.8 Å². The van der Waals surface area contributed by atoms with Crippen molar-refractivity contribution in [3.63, 3.8) is 0 Å². The average molecular weight is 355 g/mol. The average Bonchev–Trinajstić information content (AvgIpc) is 3.06. The van der Waals surface area contributed by atoms with Gasteiger partial charge >= 0.3 is 0 Å². The van der Waals surface area contributed by atoms with Gasteiger partial charge in [-0.25, -0.2) is 0 Å². The molecule has 3 rings (SSSR count). The number of likely N-dealkylation sites (tertiary alicyclic amines) is 1. The summed E-state index contributed by atoms with van der Waals surface area (Å²) in [5.74, 6) is 0.604. The van der Waals surface area contributed by atoms with Crippen LogP contribution in [-0.2, 0) is 11.8 Å². The molecule has 0 bridgehead atoms. The van der Waals surface area contributed by atoms with Gasteiger partial charge in [-0.2, -0.15) is 5.10 Å². The fourth-order valence-electron chi connectivity index (χ4n) is 3.45. The molecule has 2 aromatic rings. The summed E-state index contributed by atoms with van der Waals surface area (Å²) in [7, 11) is 3.47. The predicted octanol–water partition coefficient (Wildman–Crippen LogP) is 1.56. The largest absolute Gasteiger partial charge is 0.357 e. The lowest BCUT2D eigenvalue weighted by molar-refractivity contribution is -0.126. The minimum absolute atomic E-state index is 0.0199. The summed E-state index contributed by atoms with van der Waals surface area (Å²) in [4.78, 5) is 27.2. The van der Waals surface area contributed by atoms with Crippen LogP contribution in [0.15, 0.2) is 36.5 Å². The van der Waals surface area contributed by atoms with E-state index in [1.54, 1.807) is 11.7 Å². The van der Waals surface area contributed by atoms with Crippen LogP contribution in [-0.4, -0.2) is 52.2 Å². The van der Waals surface area contributed by atoms with Crippen LogP contribution in [0.3, 0.4) is 0 Å². The number of nitrogens with zero attached hydrogens (tertiary/aromatic N) is 3. The van der Waals surface area contributed by atoms with Crippen LogP contribution in [0.25, 0.3) is 0 Å². The summed E-state index contributed by atoms with van der Waals surface area (Å²) >= 11 is 0. The molecule has 1 aliphatic rings. The maximum atomic E-state index is 12.8. The first-order valence-corrected chi connectivity index (χ1v) is 8.80. The zero-order chi connectivity index (χ0) is 18.7. The van der Waals surface area contributed by atoms with Gasteiger partial charge in [0, 0.05) is 45.0 Å². The normalized spacial score (nSPS) is 16.2. The molecule has 0 spiro atoms. The van der Waals surface area contributed by atoms with Gasteiger partial charge in [-0.3, -0.25) is 14.3 Å². The van der Waals surface area contributed by atoms with Crippen molar-refractivity contribution in [1.82, 2.24) is 20.0 Å². The molecule has 1 fully saturated rings. The van der Waals surface area contributed by atoms with Gasteiger partial charge in [-0.15, -0.1) is 0 Å². The molecular formula is C19H25N5O2. The Morgan fingerprint density at radius 1 is 1.15 bits per heavy atom. The first-order chi connectivity index (χ1) is 12.4. The maximum absolute atomic E-state index is 12.8. The minimum atomic E-state index is -0.758. The topological polar surface area (TPSA) is 79.3 Å². The molecule has 1 aromatic carbocycles. The van der Waals surface area contributed by atoms with Crippen molar-refractivity contribution in [2.75, 3.05) is 25.5 Å². The molecular weight excluding hydrogens is 330 g/mol. The van der Waals surface area contributed by atoms with E-state index in [9.17, 15) is 9.59 Å². The zero-order valence-electron chi connectivity index (χ0n) is 15.5. The Morgan fingerprint density at radius 2 is 1.85 bits per heavy atom. The number of piperidine rings is 1. The number of aromatic nitrogens is 2. The van der Waals surface area contributed by atoms with Gasteiger partial charge < -0.3 is 15.5 Å². The maximum Gasteiger partial charge on any atom is 0.254 e. The molecule has 1 aliphatic heterocycles. The molecule has 0 atom stereocenters. The van der Waals surface area contributed by atoms with Crippen molar-refractivity contribution in [1.29, 1.82) is 0 Å². The van der Waals surface area contributed by atoms with Gasteiger partial charge in [-0.1, -0.05) is 18.2 Å². The van der Waals surface area contributed by atoms with Crippen molar-refractivity contribution >= 4 is 17.6 Å². The summed E-state index contributed by atoms with van der Waals surface area (Å²) < 4.78 is 1.69. The van der Waals surface area contributed by atoms with Gasteiger partial charge in [0.15, 0.2) is 0 Å². The molecule has 0 aliphatic carbocycles. The predicted molar refractivity (Wildman–Crippen MR) is 99.9 cm³/mol. The first-order valence-electron chi connectivity index (χ1n) is 8.80. The molecule has 2 N–H and O–H groups in total. The van der Waals surface area contributed by atoms with E-state index in [0.717, 1.165) is 11.1 Å². The third-order valence-corrected chi connectivity index (χ3v) is 5.02. The summed E-state index contributed by atoms with van der Waals surface area (Å²) in [5, 5.41) is 10.4. The number of likely N-dealkylation sites (N-methyl/N-ethyl adjacent to an activating group) is 1. The summed E-state index contributed by atoms with van der Waals surface area (Å²) in [6.07, 6.45) is 2.89. The van der Waals surface area contributed by atoms with Crippen molar-refractivity contribution in [2.24, 2.45) is 7.05 Å². The smallest absolute Gasteiger partial charge is 0.254 e. The van der Waals surface area contributed by atoms with E-state index in [2.05, 4.69) is 15.7 Å². The number of carbonyl (C=O) groups excluding carboxylic acids is 2. The lowest BCUT2D eigenvalue weighted by Gasteiger charge is -2.41. The number of hydrogen-bond acceptors (Lipinski definition) is 4. The Morgan fingerprint density at radius 3 is 2.42 bits per heavy atom. The van der Waals surface area contributed by atoms with Gasteiger partial charge in [0.1, 0.15) is 11.4 Å². The van der Waals surface area contributed by atoms with Crippen LogP contribution >= 0.6 is 0 Å². The first kappa shape index (κ1) is 18.0. The number of aryl methyl sites for hydroxylation is 2. The van der Waals surface area contributed by atoms with Gasteiger partial charge in [-0.05, 0) is 31.4 Å². The van der Waals surface area contributed by atoms with Gasteiger partial charge in [0.2, 0.25) is 5.91 Å². The van der Waals surface area contributed by atoms with E-state index in [1.165, 1.54) is 0 Å². The molecule has 2 heterocycles. The summed E-state index contributed by atoms with van der Waals surface area (Å²) in [6, 6.07) is 9.44. The van der Waals surface area contributed by atoms with Crippen molar-refractivity contribution < 1.29 is 9.59 Å². The molecule has 7 nitrogen and oxygen atoms in total. The molecule has 7 heteroatoms. The number of rotatable bonds is 4. The Balaban J connectivity index is 1.75. The summed E-state index contributed by atoms with van der Waals surface area (Å²) in [5.41, 5.74) is 0.927. The quantitative estimate of drug-likeness (QED) is 0.872. The molecule has 1 saturated heterocycles. The van der Waals surface area contributed by atoms with Crippen molar-refractivity contribution in [2.45, 2.75) is 25.3 Å². The highest BCUT2D eigenvalue weighted by Gasteiger charge is 2.42. The Kier molecular flexibility index (Phi) is 4.97. The van der Waals surface area contributed by atoms with Crippen LogP contribution in [0.2, 0.25) is 0 Å². The van der Waals surface area contributed by atoms with E-state index in [0.29, 0.717) is 31.7 Å². The van der Waals surface area contributed by atoms with Crippen LogP contribution < -0.4 is 10.6 Å². The second-order valence-corrected chi connectivity index (χ2v) is 6.77. The van der Waals surface area contributed by atoms with Gasteiger partial charge in [0.05, 0.1) is 0 Å². The molecule has 1 aromatic heterocycles. The van der Waals surface area contributed by atoms with E-state index in [4.69, 9.17) is 0 Å². The highest BCUT2D eigenvalue weighted by atomic mass is 16.2. The molecule has 26 heavy (non-hydrogen) atoms. The molecule has 0 unspecified atom stereocenters. The van der Waals surface area contributed by atoms with Crippen LogP contribution in [0, 0.1) is 6.92 Å². The number of carbonyl (C=O) groups is 2. The minimum Gasteiger partial charge on any atom is -0.357 e.